The lowest BCUT2D eigenvalue weighted by atomic mass is 10.2. The van der Waals surface area contributed by atoms with E-state index in [1.54, 1.807) is 35.1 Å². The number of hydrogen-bond acceptors (Lipinski definition) is 4. The summed E-state index contributed by atoms with van der Waals surface area (Å²) in [7, 11) is 0. The van der Waals surface area contributed by atoms with Crippen LogP contribution >= 0.6 is 0 Å². The number of aromatic nitrogens is 2. The first-order valence-electron chi connectivity index (χ1n) is 7.73. The van der Waals surface area contributed by atoms with Crippen LogP contribution in [0.15, 0.2) is 67.0 Å². The molecule has 124 valence electrons. The number of nitrogens with one attached hydrogen (secondary N) is 1. The Bertz CT molecular complexity index is 863. The lowest BCUT2D eigenvalue weighted by Gasteiger charge is -2.08. The van der Waals surface area contributed by atoms with Gasteiger partial charge in [0.15, 0.2) is 6.61 Å². The van der Waals surface area contributed by atoms with Crippen LogP contribution in [0.2, 0.25) is 0 Å². The highest BCUT2D eigenvalue weighted by Gasteiger charge is 2.04. The van der Waals surface area contributed by atoms with E-state index < -0.39 is 0 Å². The normalized spacial score (nSPS) is 10.0. The Morgan fingerprint density at radius 2 is 1.92 bits per heavy atom. The zero-order valence-corrected chi connectivity index (χ0v) is 13.4. The number of rotatable bonds is 6. The van der Waals surface area contributed by atoms with Gasteiger partial charge in [0.05, 0.1) is 17.3 Å². The number of ether oxygens (including phenoxy) is 1. The Labute approximate surface area is 145 Å². The summed E-state index contributed by atoms with van der Waals surface area (Å²) in [5.41, 5.74) is 2.50. The lowest BCUT2D eigenvalue weighted by molar-refractivity contribution is -0.123. The zero-order chi connectivity index (χ0) is 17.5. The van der Waals surface area contributed by atoms with E-state index in [1.807, 2.05) is 42.6 Å². The van der Waals surface area contributed by atoms with Crippen molar-refractivity contribution in [3.63, 3.8) is 0 Å². The summed E-state index contributed by atoms with van der Waals surface area (Å²) in [6.07, 6.45) is 3.60. The highest BCUT2D eigenvalue weighted by molar-refractivity contribution is 5.77. The van der Waals surface area contributed by atoms with Gasteiger partial charge in [-0.3, -0.25) is 4.79 Å². The molecule has 3 aromatic rings. The second-order valence-corrected chi connectivity index (χ2v) is 5.32. The van der Waals surface area contributed by atoms with E-state index >= 15 is 0 Å². The Morgan fingerprint density at radius 1 is 1.16 bits per heavy atom. The van der Waals surface area contributed by atoms with Gasteiger partial charge < -0.3 is 10.1 Å². The van der Waals surface area contributed by atoms with Crippen molar-refractivity contribution in [2.45, 2.75) is 6.54 Å². The molecule has 0 fully saturated rings. The fourth-order valence-electron chi connectivity index (χ4n) is 2.21. The molecule has 0 radical (unpaired) electrons. The largest absolute Gasteiger partial charge is 0.484 e. The molecule has 0 spiro atoms. The smallest absolute Gasteiger partial charge is 0.258 e. The predicted molar refractivity (Wildman–Crippen MR) is 92.1 cm³/mol. The van der Waals surface area contributed by atoms with Gasteiger partial charge in [0.25, 0.3) is 5.91 Å². The van der Waals surface area contributed by atoms with E-state index in [4.69, 9.17) is 10.00 Å². The second kappa shape index (κ2) is 7.79. The molecule has 6 nitrogen and oxygen atoms in total. The van der Waals surface area contributed by atoms with Crippen molar-refractivity contribution in [3.8, 4) is 17.5 Å². The van der Waals surface area contributed by atoms with Crippen molar-refractivity contribution in [2.24, 2.45) is 0 Å². The molecule has 1 N–H and O–H groups in total. The van der Waals surface area contributed by atoms with E-state index in [-0.39, 0.29) is 12.5 Å². The third kappa shape index (κ3) is 4.45. The Kier molecular flexibility index (Phi) is 5.07. The first-order chi connectivity index (χ1) is 12.2. The maximum Gasteiger partial charge on any atom is 0.258 e. The first-order valence-corrected chi connectivity index (χ1v) is 7.73. The molecule has 2 aromatic carbocycles. The maximum atomic E-state index is 11.9. The number of carbonyl (C=O) groups is 1. The number of hydrogen-bond donors (Lipinski definition) is 1. The van der Waals surface area contributed by atoms with Crippen molar-refractivity contribution >= 4 is 5.91 Å². The molecule has 1 aromatic heterocycles. The molecule has 25 heavy (non-hydrogen) atoms. The Hall–Kier alpha value is -3.59. The maximum absolute atomic E-state index is 11.9. The number of nitriles is 1. The summed E-state index contributed by atoms with van der Waals surface area (Å²) >= 11 is 0. The third-order valence-corrected chi connectivity index (χ3v) is 3.55. The fourth-order valence-corrected chi connectivity index (χ4v) is 2.21. The molecular weight excluding hydrogens is 316 g/mol. The van der Waals surface area contributed by atoms with Crippen LogP contribution in [0.3, 0.4) is 0 Å². The van der Waals surface area contributed by atoms with E-state index in [1.165, 1.54) is 0 Å². The van der Waals surface area contributed by atoms with Gasteiger partial charge in [-0.05, 0) is 48.0 Å². The van der Waals surface area contributed by atoms with E-state index in [0.29, 0.717) is 17.9 Å². The third-order valence-electron chi connectivity index (χ3n) is 3.55. The number of carbonyl (C=O) groups excluding carboxylic acids is 1. The highest BCUT2D eigenvalue weighted by Crippen LogP contribution is 2.11. The van der Waals surface area contributed by atoms with Crippen LogP contribution in [0.4, 0.5) is 0 Å². The van der Waals surface area contributed by atoms with Crippen LogP contribution in [0.1, 0.15) is 11.1 Å². The SMILES string of the molecule is N#Cc1ccc(OCC(=O)NCc2ccc(-n3cccn3)cc2)cc1. The van der Waals surface area contributed by atoms with Crippen LogP contribution in [0, 0.1) is 11.3 Å². The highest BCUT2D eigenvalue weighted by atomic mass is 16.5. The van der Waals surface area contributed by atoms with Crippen LogP contribution in [0.5, 0.6) is 5.75 Å². The molecule has 0 aliphatic heterocycles. The van der Waals surface area contributed by atoms with Gasteiger partial charge in [-0.25, -0.2) is 4.68 Å². The van der Waals surface area contributed by atoms with Crippen molar-refractivity contribution in [1.82, 2.24) is 15.1 Å². The van der Waals surface area contributed by atoms with Crippen LogP contribution in [0.25, 0.3) is 5.69 Å². The van der Waals surface area contributed by atoms with Gasteiger partial charge in [-0.1, -0.05) is 12.1 Å². The minimum Gasteiger partial charge on any atom is -0.484 e. The second-order valence-electron chi connectivity index (χ2n) is 5.32. The summed E-state index contributed by atoms with van der Waals surface area (Å²) in [4.78, 5) is 11.9. The van der Waals surface area contributed by atoms with E-state index in [9.17, 15) is 4.79 Å². The number of benzene rings is 2. The zero-order valence-electron chi connectivity index (χ0n) is 13.4. The Morgan fingerprint density at radius 3 is 2.56 bits per heavy atom. The minimum atomic E-state index is -0.208. The van der Waals surface area contributed by atoms with Gasteiger partial charge >= 0.3 is 0 Å². The van der Waals surface area contributed by atoms with Crippen molar-refractivity contribution in [2.75, 3.05) is 6.61 Å². The van der Waals surface area contributed by atoms with Crippen molar-refractivity contribution in [3.05, 3.63) is 78.1 Å². The first kappa shape index (κ1) is 16.3. The summed E-state index contributed by atoms with van der Waals surface area (Å²) in [5.74, 6) is 0.346. The Balaban J connectivity index is 1.46. The minimum absolute atomic E-state index is 0.0722. The molecular formula is C19H16N4O2. The summed E-state index contributed by atoms with van der Waals surface area (Å²) in [6, 6.07) is 18.3. The average molecular weight is 332 g/mol. The van der Waals surface area contributed by atoms with Crippen LogP contribution in [-0.2, 0) is 11.3 Å². The van der Waals surface area contributed by atoms with Gasteiger partial charge in [-0.2, -0.15) is 10.4 Å². The van der Waals surface area contributed by atoms with Crippen LogP contribution in [-0.4, -0.2) is 22.3 Å². The van der Waals surface area contributed by atoms with E-state index in [0.717, 1.165) is 11.3 Å². The van der Waals surface area contributed by atoms with Gasteiger partial charge in [0.2, 0.25) is 0 Å². The van der Waals surface area contributed by atoms with Crippen molar-refractivity contribution < 1.29 is 9.53 Å². The fraction of sp³-hybridized carbons (Fsp3) is 0.105. The number of nitrogens with zero attached hydrogens (tertiary/aromatic N) is 3. The van der Waals surface area contributed by atoms with E-state index in [2.05, 4.69) is 10.4 Å². The molecule has 0 unspecified atom stereocenters. The quantitative estimate of drug-likeness (QED) is 0.752. The summed E-state index contributed by atoms with van der Waals surface area (Å²) in [5, 5.41) is 15.7. The molecule has 0 saturated carbocycles. The number of amides is 1. The molecule has 6 heteroatoms. The predicted octanol–water partition coefficient (Wildman–Crippen LogP) is 2.44. The molecule has 0 bridgehead atoms. The van der Waals surface area contributed by atoms with Crippen molar-refractivity contribution in [1.29, 1.82) is 5.26 Å². The summed E-state index contributed by atoms with van der Waals surface area (Å²) < 4.78 is 7.16. The molecule has 1 amide bonds. The van der Waals surface area contributed by atoms with Crippen LogP contribution < -0.4 is 10.1 Å². The molecule has 0 aliphatic rings. The monoisotopic (exact) mass is 332 g/mol. The molecule has 0 aliphatic carbocycles. The van der Waals surface area contributed by atoms with Gasteiger partial charge in [-0.15, -0.1) is 0 Å². The standard InChI is InChI=1S/C19H16N4O2/c20-12-15-4-8-18(9-5-15)25-14-19(24)21-13-16-2-6-17(7-3-16)23-11-1-10-22-23/h1-11H,13-14H2,(H,21,24). The van der Waals surface area contributed by atoms with Gasteiger partial charge in [0.1, 0.15) is 5.75 Å². The molecule has 1 heterocycles. The molecule has 3 rings (SSSR count). The average Bonchev–Trinajstić information content (AvgIpc) is 3.20. The molecule has 0 atom stereocenters. The summed E-state index contributed by atoms with van der Waals surface area (Å²) in [6.45, 7) is 0.353. The topological polar surface area (TPSA) is 79.9 Å². The lowest BCUT2D eigenvalue weighted by Crippen LogP contribution is -2.28. The van der Waals surface area contributed by atoms with Gasteiger partial charge in [0, 0.05) is 18.9 Å². The molecule has 0 saturated heterocycles.